The van der Waals surface area contributed by atoms with Gasteiger partial charge in [0.25, 0.3) is 0 Å². The number of rotatable bonds is 5. The number of benzene rings is 1. The molecule has 1 atom stereocenters. The van der Waals surface area contributed by atoms with Crippen LogP contribution in [0, 0.1) is 0 Å². The molecular formula is C14H21NO2. The standard InChI is InChI=1S/C14H21NO2/c1-3-16-9-10-17-13-6-4-5-12-8-7-11(2)15-14(12)13/h4-6,11,15H,3,7-10H2,1-2H3. The van der Waals surface area contributed by atoms with Crippen LogP contribution in [0.5, 0.6) is 5.75 Å². The van der Waals surface area contributed by atoms with Crippen molar-refractivity contribution in [2.45, 2.75) is 32.7 Å². The zero-order valence-corrected chi connectivity index (χ0v) is 10.7. The Hall–Kier alpha value is -1.22. The zero-order chi connectivity index (χ0) is 12.1. The zero-order valence-electron chi connectivity index (χ0n) is 10.7. The van der Waals surface area contributed by atoms with Crippen LogP contribution in [0.25, 0.3) is 0 Å². The molecule has 0 spiro atoms. The highest BCUT2D eigenvalue weighted by Gasteiger charge is 2.17. The Morgan fingerprint density at radius 1 is 1.35 bits per heavy atom. The third kappa shape index (κ3) is 3.13. The van der Waals surface area contributed by atoms with Gasteiger partial charge in [-0.2, -0.15) is 0 Å². The van der Waals surface area contributed by atoms with Gasteiger partial charge in [0, 0.05) is 12.6 Å². The Morgan fingerprint density at radius 3 is 3.06 bits per heavy atom. The number of para-hydroxylation sites is 1. The molecule has 0 aliphatic carbocycles. The van der Waals surface area contributed by atoms with Crippen molar-refractivity contribution >= 4 is 5.69 Å². The maximum absolute atomic E-state index is 5.77. The summed E-state index contributed by atoms with van der Waals surface area (Å²) in [5.41, 5.74) is 2.53. The van der Waals surface area contributed by atoms with E-state index < -0.39 is 0 Å². The summed E-state index contributed by atoms with van der Waals surface area (Å²) in [5, 5.41) is 3.50. The summed E-state index contributed by atoms with van der Waals surface area (Å²) in [7, 11) is 0. The molecule has 2 rings (SSSR count). The fraction of sp³-hybridized carbons (Fsp3) is 0.571. The summed E-state index contributed by atoms with van der Waals surface area (Å²) < 4.78 is 11.0. The van der Waals surface area contributed by atoms with Gasteiger partial charge in [-0.3, -0.25) is 0 Å². The summed E-state index contributed by atoms with van der Waals surface area (Å²) >= 11 is 0. The van der Waals surface area contributed by atoms with Crippen molar-refractivity contribution in [2.24, 2.45) is 0 Å². The molecule has 0 radical (unpaired) electrons. The van der Waals surface area contributed by atoms with Gasteiger partial charge >= 0.3 is 0 Å². The van der Waals surface area contributed by atoms with Crippen LogP contribution in [0.2, 0.25) is 0 Å². The van der Waals surface area contributed by atoms with Crippen molar-refractivity contribution in [3.63, 3.8) is 0 Å². The normalized spacial score (nSPS) is 18.4. The molecule has 0 amide bonds. The molecule has 1 N–H and O–H groups in total. The maximum Gasteiger partial charge on any atom is 0.142 e. The van der Waals surface area contributed by atoms with Crippen molar-refractivity contribution in [3.05, 3.63) is 23.8 Å². The number of aryl methyl sites for hydroxylation is 1. The Balaban J connectivity index is 2.01. The first-order valence-electron chi connectivity index (χ1n) is 6.40. The van der Waals surface area contributed by atoms with Crippen molar-refractivity contribution in [1.29, 1.82) is 0 Å². The van der Waals surface area contributed by atoms with E-state index in [4.69, 9.17) is 9.47 Å². The van der Waals surface area contributed by atoms with Gasteiger partial charge in [0.1, 0.15) is 12.4 Å². The topological polar surface area (TPSA) is 30.5 Å². The number of fused-ring (bicyclic) bond motifs is 1. The van der Waals surface area contributed by atoms with E-state index in [1.165, 1.54) is 17.7 Å². The third-order valence-electron chi connectivity index (χ3n) is 3.04. The minimum Gasteiger partial charge on any atom is -0.489 e. The third-order valence-corrected chi connectivity index (χ3v) is 3.04. The first-order valence-corrected chi connectivity index (χ1v) is 6.40. The van der Waals surface area contributed by atoms with Gasteiger partial charge < -0.3 is 14.8 Å². The van der Waals surface area contributed by atoms with Gasteiger partial charge in [0.2, 0.25) is 0 Å². The lowest BCUT2D eigenvalue weighted by Gasteiger charge is -2.26. The predicted molar refractivity (Wildman–Crippen MR) is 69.8 cm³/mol. The summed E-state index contributed by atoms with van der Waals surface area (Å²) in [5.74, 6) is 0.953. The van der Waals surface area contributed by atoms with E-state index in [1.54, 1.807) is 0 Å². The molecule has 94 valence electrons. The van der Waals surface area contributed by atoms with E-state index in [-0.39, 0.29) is 0 Å². The molecule has 1 aromatic rings. The van der Waals surface area contributed by atoms with Crippen LogP contribution in [0.1, 0.15) is 25.8 Å². The molecule has 3 nitrogen and oxygen atoms in total. The number of hydrogen-bond acceptors (Lipinski definition) is 3. The Morgan fingerprint density at radius 2 is 2.24 bits per heavy atom. The molecule has 0 saturated heterocycles. The largest absolute Gasteiger partial charge is 0.489 e. The second-order valence-corrected chi connectivity index (χ2v) is 4.42. The Labute approximate surface area is 103 Å². The van der Waals surface area contributed by atoms with Gasteiger partial charge in [-0.05, 0) is 38.3 Å². The molecule has 0 aromatic heterocycles. The van der Waals surface area contributed by atoms with Crippen LogP contribution in [-0.4, -0.2) is 25.9 Å². The van der Waals surface area contributed by atoms with Gasteiger partial charge in [-0.1, -0.05) is 12.1 Å². The van der Waals surface area contributed by atoms with Crippen LogP contribution in [0.4, 0.5) is 5.69 Å². The minimum absolute atomic E-state index is 0.527. The first-order chi connectivity index (χ1) is 8.31. The molecule has 1 aliphatic rings. The minimum atomic E-state index is 0.527. The van der Waals surface area contributed by atoms with Gasteiger partial charge in [-0.25, -0.2) is 0 Å². The van der Waals surface area contributed by atoms with Crippen LogP contribution in [0.3, 0.4) is 0 Å². The number of nitrogens with one attached hydrogen (secondary N) is 1. The fourth-order valence-corrected chi connectivity index (χ4v) is 2.11. The predicted octanol–water partition coefficient (Wildman–Crippen LogP) is 2.85. The molecule has 0 saturated carbocycles. The summed E-state index contributed by atoms with van der Waals surface area (Å²) in [4.78, 5) is 0. The number of hydrogen-bond donors (Lipinski definition) is 1. The average molecular weight is 235 g/mol. The quantitative estimate of drug-likeness (QED) is 0.796. The molecule has 1 aliphatic heterocycles. The summed E-state index contributed by atoms with van der Waals surface area (Å²) in [6.45, 7) is 6.20. The van der Waals surface area contributed by atoms with E-state index >= 15 is 0 Å². The second-order valence-electron chi connectivity index (χ2n) is 4.42. The molecule has 1 heterocycles. The highest BCUT2D eigenvalue weighted by atomic mass is 16.5. The highest BCUT2D eigenvalue weighted by molar-refractivity contribution is 5.63. The van der Waals surface area contributed by atoms with Gasteiger partial charge in [0.15, 0.2) is 0 Å². The van der Waals surface area contributed by atoms with E-state index in [1.807, 2.05) is 13.0 Å². The van der Waals surface area contributed by atoms with Crippen molar-refractivity contribution < 1.29 is 9.47 Å². The first kappa shape index (κ1) is 12.2. The van der Waals surface area contributed by atoms with Crippen molar-refractivity contribution in [3.8, 4) is 5.75 Å². The Bertz CT molecular complexity index is 365. The van der Waals surface area contributed by atoms with E-state index in [9.17, 15) is 0 Å². The summed E-state index contributed by atoms with van der Waals surface area (Å²) in [6.07, 6.45) is 2.32. The van der Waals surface area contributed by atoms with E-state index in [0.717, 1.165) is 18.8 Å². The van der Waals surface area contributed by atoms with Crippen LogP contribution >= 0.6 is 0 Å². The van der Waals surface area contributed by atoms with Crippen LogP contribution in [0.15, 0.2) is 18.2 Å². The van der Waals surface area contributed by atoms with Crippen LogP contribution < -0.4 is 10.1 Å². The van der Waals surface area contributed by atoms with E-state index in [2.05, 4.69) is 24.4 Å². The molecule has 17 heavy (non-hydrogen) atoms. The molecule has 3 heteroatoms. The maximum atomic E-state index is 5.77. The average Bonchev–Trinajstić information content (AvgIpc) is 2.35. The van der Waals surface area contributed by atoms with Crippen molar-refractivity contribution in [2.75, 3.05) is 25.1 Å². The highest BCUT2D eigenvalue weighted by Crippen LogP contribution is 2.33. The Kier molecular flexibility index (Phi) is 4.26. The second kappa shape index (κ2) is 5.92. The lowest BCUT2D eigenvalue weighted by Crippen LogP contribution is -2.22. The molecular weight excluding hydrogens is 214 g/mol. The monoisotopic (exact) mass is 235 g/mol. The van der Waals surface area contributed by atoms with Gasteiger partial charge in [-0.15, -0.1) is 0 Å². The van der Waals surface area contributed by atoms with E-state index in [0.29, 0.717) is 19.3 Å². The smallest absolute Gasteiger partial charge is 0.142 e. The van der Waals surface area contributed by atoms with Crippen LogP contribution in [-0.2, 0) is 11.2 Å². The fourth-order valence-electron chi connectivity index (χ4n) is 2.11. The molecule has 0 fully saturated rings. The molecule has 0 bridgehead atoms. The lowest BCUT2D eigenvalue weighted by atomic mass is 9.98. The number of ether oxygens (including phenoxy) is 2. The number of anilines is 1. The summed E-state index contributed by atoms with van der Waals surface area (Å²) in [6, 6.07) is 6.78. The molecule has 1 unspecified atom stereocenters. The lowest BCUT2D eigenvalue weighted by molar-refractivity contribution is 0.110. The van der Waals surface area contributed by atoms with Crippen molar-refractivity contribution in [1.82, 2.24) is 0 Å². The van der Waals surface area contributed by atoms with Gasteiger partial charge in [0.05, 0.1) is 12.3 Å². The SMILES string of the molecule is CCOCCOc1cccc2c1NC(C)CC2. The molecule has 1 aromatic carbocycles.